The van der Waals surface area contributed by atoms with E-state index in [0.717, 1.165) is 39.4 Å². The molecule has 2 bridgehead atoms. The summed E-state index contributed by atoms with van der Waals surface area (Å²) in [7, 11) is 0. The van der Waals surface area contributed by atoms with E-state index in [9.17, 15) is 9.59 Å². The molecule has 1 saturated heterocycles. The van der Waals surface area contributed by atoms with Crippen LogP contribution in [0.3, 0.4) is 0 Å². The van der Waals surface area contributed by atoms with Crippen molar-refractivity contribution in [3.8, 4) is 0 Å². The standard InChI is InChI=1S/C25H25N5O3S/c1-14-6-7-18(33-14)9-26-23-21-15(2)22(34-24(21)28-13-27-23)25(32)29-10-16-8-17(12-29)19-4-3-5-20(31)30(19)11-16/h3-7,13,16-17H,8-12H2,1-2H3,(H,26,27,28). The molecule has 0 spiro atoms. The van der Waals surface area contributed by atoms with E-state index in [4.69, 9.17) is 4.42 Å². The van der Waals surface area contributed by atoms with E-state index in [0.29, 0.717) is 42.8 Å². The summed E-state index contributed by atoms with van der Waals surface area (Å²) >= 11 is 1.42. The lowest BCUT2D eigenvalue weighted by Crippen LogP contribution is -2.49. The van der Waals surface area contributed by atoms with Crippen molar-refractivity contribution >= 4 is 33.3 Å². The lowest BCUT2D eigenvalue weighted by molar-refractivity contribution is 0.0599. The summed E-state index contributed by atoms with van der Waals surface area (Å²) in [6.45, 7) is 6.36. The summed E-state index contributed by atoms with van der Waals surface area (Å²) in [5.74, 6) is 2.91. The summed E-state index contributed by atoms with van der Waals surface area (Å²) in [6.07, 6.45) is 2.55. The number of pyridine rings is 1. The Morgan fingerprint density at radius 1 is 1.18 bits per heavy atom. The average Bonchev–Trinajstić information content (AvgIpc) is 3.41. The van der Waals surface area contributed by atoms with Crippen LogP contribution in [0.25, 0.3) is 10.2 Å². The Kier molecular flexibility index (Phi) is 5.02. The van der Waals surface area contributed by atoms with Crippen molar-refractivity contribution in [3.05, 3.63) is 74.7 Å². The van der Waals surface area contributed by atoms with Crippen molar-refractivity contribution in [3.63, 3.8) is 0 Å². The van der Waals surface area contributed by atoms with Gasteiger partial charge in [0.05, 0.1) is 16.8 Å². The largest absolute Gasteiger partial charge is 0.465 e. The van der Waals surface area contributed by atoms with Gasteiger partial charge in [-0.05, 0) is 49.9 Å². The molecule has 8 nitrogen and oxygen atoms in total. The van der Waals surface area contributed by atoms with Gasteiger partial charge in [0.25, 0.3) is 11.5 Å². The van der Waals surface area contributed by atoms with Crippen molar-refractivity contribution in [2.45, 2.75) is 39.3 Å². The van der Waals surface area contributed by atoms with Gasteiger partial charge in [-0.15, -0.1) is 11.3 Å². The Morgan fingerprint density at radius 3 is 2.88 bits per heavy atom. The zero-order chi connectivity index (χ0) is 23.4. The number of hydrogen-bond donors (Lipinski definition) is 1. The van der Waals surface area contributed by atoms with E-state index in [-0.39, 0.29) is 17.4 Å². The van der Waals surface area contributed by atoms with Gasteiger partial charge in [-0.1, -0.05) is 6.07 Å². The fraction of sp³-hybridized carbons (Fsp3) is 0.360. The minimum atomic E-state index is 0.0366. The molecule has 0 saturated carbocycles. The number of anilines is 1. The van der Waals surface area contributed by atoms with Crippen molar-refractivity contribution in [1.29, 1.82) is 0 Å². The van der Waals surface area contributed by atoms with E-state index in [1.165, 1.54) is 17.7 Å². The summed E-state index contributed by atoms with van der Waals surface area (Å²) in [6, 6.07) is 9.34. The molecule has 174 valence electrons. The number of aryl methyl sites for hydroxylation is 2. The molecule has 2 unspecified atom stereocenters. The summed E-state index contributed by atoms with van der Waals surface area (Å²) in [5, 5.41) is 4.23. The number of amides is 1. The number of fused-ring (bicyclic) bond motifs is 5. The van der Waals surface area contributed by atoms with Crippen LogP contribution in [0.15, 0.2) is 45.9 Å². The SMILES string of the molecule is Cc1ccc(CNc2ncnc3sc(C(=O)N4CC5CC(C4)c4cccc(=O)n4C5)c(C)c23)o1. The summed E-state index contributed by atoms with van der Waals surface area (Å²) in [5.41, 5.74) is 1.99. The minimum Gasteiger partial charge on any atom is -0.465 e. The first-order valence-corrected chi connectivity index (χ1v) is 12.3. The van der Waals surface area contributed by atoms with Gasteiger partial charge >= 0.3 is 0 Å². The van der Waals surface area contributed by atoms with Crippen LogP contribution in [0.2, 0.25) is 0 Å². The van der Waals surface area contributed by atoms with Crippen molar-refractivity contribution in [2.75, 3.05) is 18.4 Å². The number of furan rings is 1. The molecule has 2 atom stereocenters. The topological polar surface area (TPSA) is 93.3 Å². The lowest BCUT2D eigenvalue weighted by Gasteiger charge is -2.42. The normalized spacial score (nSPS) is 19.3. The molecule has 1 fully saturated rings. The van der Waals surface area contributed by atoms with Crippen LogP contribution >= 0.6 is 11.3 Å². The first-order chi connectivity index (χ1) is 16.5. The van der Waals surface area contributed by atoms with Gasteiger partial charge in [-0.25, -0.2) is 9.97 Å². The van der Waals surface area contributed by atoms with Gasteiger partial charge in [0.2, 0.25) is 0 Å². The molecule has 2 aliphatic rings. The molecular weight excluding hydrogens is 450 g/mol. The highest BCUT2D eigenvalue weighted by Gasteiger charge is 2.37. The number of rotatable bonds is 4. The van der Waals surface area contributed by atoms with Crippen molar-refractivity contribution in [1.82, 2.24) is 19.4 Å². The van der Waals surface area contributed by atoms with Gasteiger partial charge in [0.1, 0.15) is 28.5 Å². The number of hydrogen-bond acceptors (Lipinski definition) is 7. The third-order valence-electron chi connectivity index (χ3n) is 6.91. The van der Waals surface area contributed by atoms with Crippen molar-refractivity contribution in [2.24, 2.45) is 5.92 Å². The minimum absolute atomic E-state index is 0.0366. The maximum Gasteiger partial charge on any atom is 0.264 e. The summed E-state index contributed by atoms with van der Waals surface area (Å²) < 4.78 is 7.54. The molecule has 1 amide bonds. The fourth-order valence-corrected chi connectivity index (χ4v) is 6.48. The number of likely N-dealkylation sites (tertiary alicyclic amines) is 1. The molecule has 1 N–H and O–H groups in total. The number of nitrogens with zero attached hydrogens (tertiary/aromatic N) is 4. The van der Waals surface area contributed by atoms with Crippen LogP contribution in [0.1, 0.15) is 44.8 Å². The van der Waals surface area contributed by atoms with Crippen LogP contribution in [-0.4, -0.2) is 38.4 Å². The maximum absolute atomic E-state index is 13.7. The number of nitrogens with one attached hydrogen (secondary N) is 1. The lowest BCUT2D eigenvalue weighted by atomic mass is 9.83. The molecule has 34 heavy (non-hydrogen) atoms. The number of aromatic nitrogens is 3. The van der Waals surface area contributed by atoms with Crippen LogP contribution < -0.4 is 10.9 Å². The average molecular weight is 476 g/mol. The second-order valence-electron chi connectivity index (χ2n) is 9.23. The predicted molar refractivity (Wildman–Crippen MR) is 130 cm³/mol. The monoisotopic (exact) mass is 475 g/mol. The molecule has 2 aliphatic heterocycles. The summed E-state index contributed by atoms with van der Waals surface area (Å²) in [4.78, 5) is 38.3. The van der Waals surface area contributed by atoms with Gasteiger partial charge in [0, 0.05) is 37.3 Å². The molecule has 6 rings (SSSR count). The van der Waals surface area contributed by atoms with Crippen LogP contribution in [0.5, 0.6) is 0 Å². The Hall–Kier alpha value is -3.46. The molecule has 0 radical (unpaired) electrons. The highest BCUT2D eigenvalue weighted by molar-refractivity contribution is 7.20. The molecule has 0 aromatic carbocycles. The van der Waals surface area contributed by atoms with Crippen LogP contribution in [0, 0.1) is 19.8 Å². The number of carbonyl (C=O) groups is 1. The predicted octanol–water partition coefficient (Wildman–Crippen LogP) is 3.93. The molecule has 9 heteroatoms. The molecular formula is C25H25N5O3S. The Morgan fingerprint density at radius 2 is 2.06 bits per heavy atom. The smallest absolute Gasteiger partial charge is 0.264 e. The van der Waals surface area contributed by atoms with E-state index in [1.807, 2.05) is 47.6 Å². The second kappa shape index (κ2) is 8.09. The van der Waals surface area contributed by atoms with Gasteiger partial charge in [-0.2, -0.15) is 0 Å². The Bertz CT molecular complexity index is 1470. The quantitative estimate of drug-likeness (QED) is 0.481. The first kappa shape index (κ1) is 21.1. The highest BCUT2D eigenvalue weighted by Crippen LogP contribution is 2.38. The molecule has 4 aromatic heterocycles. The number of piperidine rings is 1. The van der Waals surface area contributed by atoms with E-state index < -0.39 is 0 Å². The van der Waals surface area contributed by atoms with E-state index in [2.05, 4.69) is 15.3 Å². The third kappa shape index (κ3) is 3.51. The maximum atomic E-state index is 13.7. The fourth-order valence-electron chi connectivity index (χ4n) is 5.37. The molecule has 0 aliphatic carbocycles. The van der Waals surface area contributed by atoms with Crippen LogP contribution in [0.4, 0.5) is 5.82 Å². The zero-order valence-electron chi connectivity index (χ0n) is 19.1. The highest BCUT2D eigenvalue weighted by atomic mass is 32.1. The second-order valence-corrected chi connectivity index (χ2v) is 10.2. The van der Waals surface area contributed by atoms with Gasteiger partial charge in [-0.3, -0.25) is 9.59 Å². The Labute approximate surface area is 200 Å². The van der Waals surface area contributed by atoms with Crippen LogP contribution in [-0.2, 0) is 13.1 Å². The van der Waals surface area contributed by atoms with Gasteiger partial charge < -0.3 is 19.2 Å². The zero-order valence-corrected chi connectivity index (χ0v) is 19.9. The van der Waals surface area contributed by atoms with E-state index >= 15 is 0 Å². The third-order valence-corrected chi connectivity index (χ3v) is 8.10. The number of thiophene rings is 1. The molecule has 6 heterocycles. The Balaban J connectivity index is 1.28. The first-order valence-electron chi connectivity index (χ1n) is 11.5. The van der Waals surface area contributed by atoms with E-state index in [1.54, 1.807) is 6.07 Å². The number of carbonyl (C=O) groups excluding carboxylic acids is 1. The van der Waals surface area contributed by atoms with Crippen molar-refractivity contribution < 1.29 is 9.21 Å². The van der Waals surface area contributed by atoms with Gasteiger partial charge in [0.15, 0.2) is 0 Å². The molecule has 4 aromatic rings.